The van der Waals surface area contributed by atoms with E-state index in [1.165, 1.54) is 0 Å². The van der Waals surface area contributed by atoms with Gasteiger partial charge in [-0.25, -0.2) is 4.79 Å². The van der Waals surface area contributed by atoms with E-state index in [9.17, 15) is 4.79 Å². The van der Waals surface area contributed by atoms with Crippen molar-refractivity contribution in [2.24, 2.45) is 0 Å². The maximum Gasteiger partial charge on any atom is 0.358 e. The first-order valence-corrected chi connectivity index (χ1v) is 3.72. The maximum absolute atomic E-state index is 10.4. The van der Waals surface area contributed by atoms with Gasteiger partial charge in [-0.15, -0.1) is 4.98 Å². The molecule has 0 amide bonds. The molecule has 1 rings (SSSR count). The summed E-state index contributed by atoms with van der Waals surface area (Å²) in [5.41, 5.74) is -0.347. The summed E-state index contributed by atoms with van der Waals surface area (Å²) in [6, 6.07) is 0. The Morgan fingerprint density at radius 2 is 2.40 bits per heavy atom. The van der Waals surface area contributed by atoms with E-state index >= 15 is 0 Å². The highest BCUT2D eigenvalue weighted by atomic mass is 32.1. The lowest BCUT2D eigenvalue weighted by atomic mass is 10.5. The van der Waals surface area contributed by atoms with E-state index < -0.39 is 0 Å². The molecule has 10 heavy (non-hydrogen) atoms. The Bertz CT molecular complexity index is 252. The Labute approximate surface area is 62.0 Å². The van der Waals surface area contributed by atoms with E-state index in [1.54, 1.807) is 0 Å². The van der Waals surface area contributed by atoms with Crippen LogP contribution in [0.1, 0.15) is 13.8 Å². The fourth-order valence-electron chi connectivity index (χ4n) is 0.468. The minimum Gasteiger partial charge on any atom is -0.466 e. The summed E-state index contributed by atoms with van der Waals surface area (Å²) in [4.78, 5) is 14.0. The molecule has 0 spiro atoms. The molecule has 1 N–H and O–H groups in total. The molecule has 4 nitrogen and oxygen atoms in total. The van der Waals surface area contributed by atoms with Crippen LogP contribution in [0.4, 0.5) is 0 Å². The zero-order chi connectivity index (χ0) is 7.56. The smallest absolute Gasteiger partial charge is 0.358 e. The second-order valence-electron chi connectivity index (χ2n) is 2.05. The number of nitrogens with zero attached hydrogens (tertiary/aromatic N) is 1. The second kappa shape index (κ2) is 2.83. The van der Waals surface area contributed by atoms with Gasteiger partial charge in [0.1, 0.15) is 0 Å². The molecule has 5 heteroatoms. The van der Waals surface area contributed by atoms with Crippen LogP contribution in [0.15, 0.2) is 4.79 Å². The third-order valence-electron chi connectivity index (χ3n) is 0.755. The van der Waals surface area contributed by atoms with Gasteiger partial charge in [-0.1, -0.05) is 0 Å². The van der Waals surface area contributed by atoms with Crippen LogP contribution in [0.5, 0.6) is 5.19 Å². The third kappa shape index (κ3) is 1.84. The van der Waals surface area contributed by atoms with E-state index in [1.807, 2.05) is 13.8 Å². The van der Waals surface area contributed by atoms with E-state index in [0.29, 0.717) is 5.19 Å². The molecule has 1 heterocycles. The number of nitrogens with one attached hydrogen (secondary N) is 1. The highest BCUT2D eigenvalue weighted by molar-refractivity contribution is 7.07. The van der Waals surface area contributed by atoms with Crippen molar-refractivity contribution in [1.29, 1.82) is 0 Å². The zero-order valence-corrected chi connectivity index (χ0v) is 6.57. The molecule has 0 unspecified atom stereocenters. The maximum atomic E-state index is 10.4. The van der Waals surface area contributed by atoms with Crippen LogP contribution in [-0.4, -0.2) is 15.5 Å². The van der Waals surface area contributed by atoms with Crippen molar-refractivity contribution in [2.45, 2.75) is 20.0 Å². The molecule has 0 radical (unpaired) electrons. The SMILES string of the molecule is CC(C)Oc1nc(=O)[nH]s1. The van der Waals surface area contributed by atoms with Crippen LogP contribution in [0.25, 0.3) is 0 Å². The van der Waals surface area contributed by atoms with Gasteiger partial charge < -0.3 is 4.74 Å². The van der Waals surface area contributed by atoms with Gasteiger partial charge in [0.15, 0.2) is 0 Å². The van der Waals surface area contributed by atoms with Gasteiger partial charge in [-0.3, -0.25) is 4.37 Å². The first-order valence-electron chi connectivity index (χ1n) is 2.90. The van der Waals surface area contributed by atoms with Crippen molar-refractivity contribution in [3.8, 4) is 5.19 Å². The topological polar surface area (TPSA) is 55.0 Å². The first kappa shape index (κ1) is 7.27. The molecule has 0 saturated heterocycles. The lowest BCUT2D eigenvalue weighted by Gasteiger charge is -2.02. The average Bonchev–Trinajstić information content (AvgIpc) is 2.13. The first-order chi connectivity index (χ1) is 4.68. The van der Waals surface area contributed by atoms with Crippen LogP contribution in [0.2, 0.25) is 0 Å². The molecule has 0 aliphatic rings. The number of rotatable bonds is 2. The predicted molar refractivity (Wildman–Crippen MR) is 38.5 cm³/mol. The Morgan fingerprint density at radius 3 is 2.80 bits per heavy atom. The molecule has 0 aliphatic heterocycles. The van der Waals surface area contributed by atoms with Crippen molar-refractivity contribution in [3.05, 3.63) is 10.5 Å². The van der Waals surface area contributed by atoms with Gasteiger partial charge in [0.2, 0.25) is 0 Å². The van der Waals surface area contributed by atoms with Crippen molar-refractivity contribution in [2.75, 3.05) is 0 Å². The molecule has 0 bridgehead atoms. The summed E-state index contributed by atoms with van der Waals surface area (Å²) in [6.45, 7) is 3.76. The highest BCUT2D eigenvalue weighted by Crippen LogP contribution is 2.09. The summed E-state index contributed by atoms with van der Waals surface area (Å²) in [6.07, 6.45) is 0.0685. The Morgan fingerprint density at radius 1 is 1.70 bits per heavy atom. The molecule has 0 saturated carbocycles. The standard InChI is InChI=1S/C5H8N2O2S/c1-3(2)9-5-6-4(8)7-10-5/h3H,1-2H3,(H,7,8). The summed E-state index contributed by atoms with van der Waals surface area (Å²) in [5, 5.41) is 0.403. The second-order valence-corrected chi connectivity index (χ2v) is 2.81. The molecular formula is C5H8N2O2S. The van der Waals surface area contributed by atoms with Gasteiger partial charge in [0, 0.05) is 11.5 Å². The minimum atomic E-state index is -0.347. The monoisotopic (exact) mass is 160 g/mol. The van der Waals surface area contributed by atoms with Gasteiger partial charge in [0.25, 0.3) is 5.19 Å². The van der Waals surface area contributed by atoms with Crippen LogP contribution < -0.4 is 10.4 Å². The Kier molecular flexibility index (Phi) is 2.06. The van der Waals surface area contributed by atoms with Gasteiger partial charge in [-0.2, -0.15) is 0 Å². The van der Waals surface area contributed by atoms with Crippen LogP contribution in [0, 0.1) is 0 Å². The van der Waals surface area contributed by atoms with Crippen LogP contribution in [0.3, 0.4) is 0 Å². The van der Waals surface area contributed by atoms with Crippen molar-refractivity contribution in [1.82, 2.24) is 9.36 Å². The van der Waals surface area contributed by atoms with E-state index in [0.717, 1.165) is 11.5 Å². The molecule has 0 atom stereocenters. The number of aromatic amines is 1. The quantitative estimate of drug-likeness (QED) is 0.690. The number of hydrogen-bond donors (Lipinski definition) is 1. The molecule has 1 aromatic heterocycles. The fraction of sp³-hybridized carbons (Fsp3) is 0.600. The predicted octanol–water partition coefficient (Wildman–Crippen LogP) is 0.619. The van der Waals surface area contributed by atoms with Crippen molar-refractivity contribution < 1.29 is 4.74 Å². The fourth-order valence-corrected chi connectivity index (χ4v) is 1.06. The average molecular weight is 160 g/mol. The van der Waals surface area contributed by atoms with Crippen LogP contribution in [-0.2, 0) is 0 Å². The third-order valence-corrected chi connectivity index (χ3v) is 1.39. The summed E-state index contributed by atoms with van der Waals surface area (Å²) in [7, 11) is 0. The normalized spacial score (nSPS) is 10.3. The summed E-state index contributed by atoms with van der Waals surface area (Å²) >= 11 is 1.11. The Balaban J connectivity index is 2.67. The number of hydrogen-bond acceptors (Lipinski definition) is 4. The van der Waals surface area contributed by atoms with Gasteiger partial charge in [0.05, 0.1) is 6.10 Å². The van der Waals surface area contributed by atoms with E-state index in [2.05, 4.69) is 9.36 Å². The molecule has 56 valence electrons. The van der Waals surface area contributed by atoms with Crippen molar-refractivity contribution in [3.63, 3.8) is 0 Å². The van der Waals surface area contributed by atoms with Crippen LogP contribution >= 0.6 is 11.5 Å². The minimum absolute atomic E-state index is 0.0685. The Hall–Kier alpha value is -0.840. The lowest BCUT2D eigenvalue weighted by Crippen LogP contribution is -2.07. The molecular weight excluding hydrogens is 152 g/mol. The highest BCUT2D eigenvalue weighted by Gasteiger charge is 2.00. The largest absolute Gasteiger partial charge is 0.466 e. The number of ether oxygens (including phenoxy) is 1. The summed E-state index contributed by atoms with van der Waals surface area (Å²) < 4.78 is 7.54. The van der Waals surface area contributed by atoms with Gasteiger partial charge >= 0.3 is 5.69 Å². The van der Waals surface area contributed by atoms with E-state index in [-0.39, 0.29) is 11.8 Å². The zero-order valence-electron chi connectivity index (χ0n) is 5.75. The van der Waals surface area contributed by atoms with E-state index in [4.69, 9.17) is 4.74 Å². The molecule has 0 aromatic carbocycles. The molecule has 0 aliphatic carbocycles. The molecule has 1 aromatic rings. The molecule has 0 fully saturated rings. The summed E-state index contributed by atoms with van der Waals surface area (Å²) in [5.74, 6) is 0. The number of H-pyrrole nitrogens is 1. The van der Waals surface area contributed by atoms with Crippen molar-refractivity contribution >= 4 is 11.5 Å². The van der Waals surface area contributed by atoms with Gasteiger partial charge in [-0.05, 0) is 13.8 Å². The lowest BCUT2D eigenvalue weighted by molar-refractivity contribution is 0.241. The number of aromatic nitrogens is 2.